The summed E-state index contributed by atoms with van der Waals surface area (Å²) in [4.78, 5) is 0. The Morgan fingerprint density at radius 3 is 2.62 bits per heavy atom. The molecule has 4 N–H and O–H groups in total. The Balaban J connectivity index is 2.87. The van der Waals surface area contributed by atoms with E-state index in [1.165, 1.54) is 0 Å². The Kier molecular flexibility index (Phi) is 5.25. The zero-order valence-corrected chi connectivity index (χ0v) is 11.3. The minimum Gasteiger partial charge on any atom is -0.394 e. The van der Waals surface area contributed by atoms with Gasteiger partial charge in [-0.05, 0) is 29.7 Å². The molecule has 1 atom stereocenters. The molecule has 0 bridgehead atoms. The first kappa shape index (κ1) is 13.5. The van der Waals surface area contributed by atoms with Crippen LogP contribution in [-0.2, 0) is 6.54 Å². The first-order valence-electron chi connectivity index (χ1n) is 5.44. The van der Waals surface area contributed by atoms with Gasteiger partial charge in [-0.2, -0.15) is 0 Å². The van der Waals surface area contributed by atoms with Crippen molar-refractivity contribution in [2.45, 2.75) is 26.4 Å². The van der Waals surface area contributed by atoms with Gasteiger partial charge >= 0.3 is 0 Å². The monoisotopic (exact) mass is 286 g/mol. The Hall–Kier alpha value is -0.580. The lowest BCUT2D eigenvalue weighted by atomic mass is 10.0. The van der Waals surface area contributed by atoms with E-state index in [9.17, 15) is 5.11 Å². The topological polar surface area (TPSA) is 58.3 Å². The molecule has 0 aromatic heterocycles. The lowest BCUT2D eigenvalue weighted by molar-refractivity contribution is 0.249. The highest BCUT2D eigenvalue weighted by Crippen LogP contribution is 2.22. The fourth-order valence-electron chi connectivity index (χ4n) is 1.49. The third-order valence-electron chi connectivity index (χ3n) is 2.63. The van der Waals surface area contributed by atoms with Crippen LogP contribution in [0.15, 0.2) is 22.7 Å². The number of hydrogen-bond donors (Lipinski definition) is 3. The fourth-order valence-corrected chi connectivity index (χ4v) is 1.90. The van der Waals surface area contributed by atoms with Crippen LogP contribution in [0.3, 0.4) is 0 Å². The molecule has 0 aliphatic carbocycles. The molecular formula is C12H19BrN2O. The Labute approximate surface area is 105 Å². The number of halogens is 1. The van der Waals surface area contributed by atoms with Gasteiger partial charge in [0.15, 0.2) is 0 Å². The second-order valence-electron chi connectivity index (χ2n) is 4.18. The minimum atomic E-state index is 0.0616. The zero-order valence-electron chi connectivity index (χ0n) is 9.70. The van der Waals surface area contributed by atoms with E-state index in [2.05, 4.69) is 35.1 Å². The van der Waals surface area contributed by atoms with Crippen molar-refractivity contribution in [1.29, 1.82) is 0 Å². The van der Waals surface area contributed by atoms with Gasteiger partial charge in [-0.3, -0.25) is 0 Å². The van der Waals surface area contributed by atoms with Gasteiger partial charge in [0, 0.05) is 16.7 Å². The highest BCUT2D eigenvalue weighted by Gasteiger charge is 2.13. The van der Waals surface area contributed by atoms with Gasteiger partial charge in [-0.1, -0.05) is 29.8 Å². The largest absolute Gasteiger partial charge is 0.394 e. The van der Waals surface area contributed by atoms with Crippen LogP contribution < -0.4 is 11.1 Å². The standard InChI is InChI=1S/C12H19BrN2O/c1-8(2)12(7-16)15-11-4-3-10(13)5-9(11)6-14/h3-5,8,12,15-16H,6-7,14H2,1-2H3. The average molecular weight is 287 g/mol. The van der Waals surface area contributed by atoms with E-state index < -0.39 is 0 Å². The van der Waals surface area contributed by atoms with E-state index in [1.807, 2.05) is 18.2 Å². The lowest BCUT2D eigenvalue weighted by Gasteiger charge is -2.22. The molecule has 90 valence electrons. The summed E-state index contributed by atoms with van der Waals surface area (Å²) < 4.78 is 1.02. The number of aliphatic hydroxyl groups excluding tert-OH is 1. The number of benzene rings is 1. The maximum Gasteiger partial charge on any atom is 0.0635 e. The third kappa shape index (κ3) is 3.47. The summed E-state index contributed by atoms with van der Waals surface area (Å²) >= 11 is 3.42. The molecule has 16 heavy (non-hydrogen) atoms. The number of aliphatic hydroxyl groups is 1. The number of rotatable bonds is 5. The van der Waals surface area contributed by atoms with Crippen LogP contribution in [0.1, 0.15) is 19.4 Å². The molecule has 0 aliphatic rings. The summed E-state index contributed by atoms with van der Waals surface area (Å²) in [6.45, 7) is 4.76. The molecule has 0 saturated heterocycles. The first-order valence-corrected chi connectivity index (χ1v) is 6.23. The molecule has 1 aromatic carbocycles. The van der Waals surface area contributed by atoms with Crippen LogP contribution >= 0.6 is 15.9 Å². The molecule has 0 saturated carbocycles. The molecule has 0 aliphatic heterocycles. The van der Waals surface area contributed by atoms with Crippen molar-refractivity contribution in [3.05, 3.63) is 28.2 Å². The molecule has 0 radical (unpaired) electrons. The highest BCUT2D eigenvalue weighted by molar-refractivity contribution is 9.10. The van der Waals surface area contributed by atoms with Crippen molar-refractivity contribution >= 4 is 21.6 Å². The molecule has 0 amide bonds. The SMILES string of the molecule is CC(C)C(CO)Nc1ccc(Br)cc1CN. The van der Waals surface area contributed by atoms with Crippen molar-refractivity contribution in [3.63, 3.8) is 0 Å². The van der Waals surface area contributed by atoms with Crippen LogP contribution in [0, 0.1) is 5.92 Å². The molecular weight excluding hydrogens is 268 g/mol. The smallest absolute Gasteiger partial charge is 0.0635 e. The van der Waals surface area contributed by atoms with Gasteiger partial charge < -0.3 is 16.2 Å². The summed E-state index contributed by atoms with van der Waals surface area (Å²) in [5.41, 5.74) is 7.74. The molecule has 0 fully saturated rings. The summed E-state index contributed by atoms with van der Waals surface area (Å²) in [5.74, 6) is 0.374. The van der Waals surface area contributed by atoms with E-state index in [4.69, 9.17) is 5.73 Å². The number of hydrogen-bond acceptors (Lipinski definition) is 3. The Morgan fingerprint density at radius 2 is 2.12 bits per heavy atom. The zero-order chi connectivity index (χ0) is 12.1. The molecule has 4 heteroatoms. The van der Waals surface area contributed by atoms with E-state index in [0.29, 0.717) is 12.5 Å². The van der Waals surface area contributed by atoms with Gasteiger partial charge in [0.2, 0.25) is 0 Å². The van der Waals surface area contributed by atoms with Crippen molar-refractivity contribution in [1.82, 2.24) is 0 Å². The molecule has 1 aromatic rings. The second kappa shape index (κ2) is 6.23. The number of nitrogens with one attached hydrogen (secondary N) is 1. The van der Waals surface area contributed by atoms with Gasteiger partial charge in [-0.15, -0.1) is 0 Å². The van der Waals surface area contributed by atoms with E-state index >= 15 is 0 Å². The molecule has 1 unspecified atom stereocenters. The Morgan fingerprint density at radius 1 is 1.44 bits per heavy atom. The Bertz CT molecular complexity index is 342. The van der Waals surface area contributed by atoms with Crippen LogP contribution in [0.2, 0.25) is 0 Å². The summed E-state index contributed by atoms with van der Waals surface area (Å²) in [6.07, 6.45) is 0. The summed E-state index contributed by atoms with van der Waals surface area (Å²) in [6, 6.07) is 6.01. The minimum absolute atomic E-state index is 0.0616. The average Bonchev–Trinajstić information content (AvgIpc) is 2.26. The molecule has 1 rings (SSSR count). The van der Waals surface area contributed by atoms with Gasteiger partial charge in [-0.25, -0.2) is 0 Å². The molecule has 0 heterocycles. The quantitative estimate of drug-likeness (QED) is 0.779. The summed E-state index contributed by atoms with van der Waals surface area (Å²) in [7, 11) is 0. The van der Waals surface area contributed by atoms with Crippen LogP contribution in [0.5, 0.6) is 0 Å². The van der Waals surface area contributed by atoms with Gasteiger partial charge in [0.25, 0.3) is 0 Å². The van der Waals surface area contributed by atoms with Crippen molar-refractivity contribution in [2.24, 2.45) is 11.7 Å². The van der Waals surface area contributed by atoms with Crippen LogP contribution in [0.4, 0.5) is 5.69 Å². The fraction of sp³-hybridized carbons (Fsp3) is 0.500. The number of nitrogens with two attached hydrogens (primary N) is 1. The first-order chi connectivity index (χ1) is 7.58. The van der Waals surface area contributed by atoms with Gasteiger partial charge in [0.05, 0.1) is 12.6 Å². The van der Waals surface area contributed by atoms with Crippen molar-refractivity contribution in [3.8, 4) is 0 Å². The maximum absolute atomic E-state index is 9.27. The van der Waals surface area contributed by atoms with E-state index in [1.54, 1.807) is 0 Å². The maximum atomic E-state index is 9.27. The second-order valence-corrected chi connectivity index (χ2v) is 5.10. The normalized spacial score (nSPS) is 12.9. The highest BCUT2D eigenvalue weighted by atomic mass is 79.9. The van der Waals surface area contributed by atoms with Crippen LogP contribution in [-0.4, -0.2) is 17.8 Å². The summed E-state index contributed by atoms with van der Waals surface area (Å²) in [5, 5.41) is 12.6. The predicted octanol–water partition coefficient (Wildman–Crippen LogP) is 2.34. The lowest BCUT2D eigenvalue weighted by Crippen LogP contribution is -2.30. The van der Waals surface area contributed by atoms with Crippen LogP contribution in [0.25, 0.3) is 0 Å². The van der Waals surface area contributed by atoms with E-state index in [-0.39, 0.29) is 12.6 Å². The van der Waals surface area contributed by atoms with Gasteiger partial charge in [0.1, 0.15) is 0 Å². The predicted molar refractivity (Wildman–Crippen MR) is 71.4 cm³/mol. The third-order valence-corrected chi connectivity index (χ3v) is 3.12. The molecule has 0 spiro atoms. The van der Waals surface area contributed by atoms with Crippen molar-refractivity contribution in [2.75, 3.05) is 11.9 Å². The van der Waals surface area contributed by atoms with E-state index in [0.717, 1.165) is 15.7 Å². The number of anilines is 1. The molecule has 3 nitrogen and oxygen atoms in total. The van der Waals surface area contributed by atoms with Crippen molar-refractivity contribution < 1.29 is 5.11 Å².